The molecule has 108 valence electrons. The summed E-state index contributed by atoms with van der Waals surface area (Å²) in [7, 11) is 0. The molecule has 21 heavy (non-hydrogen) atoms. The SMILES string of the molecule is Nc1ccc(CNc2ccc(N3CCCC3=O)cc2)cc1. The summed E-state index contributed by atoms with van der Waals surface area (Å²) in [6.45, 7) is 1.58. The summed E-state index contributed by atoms with van der Waals surface area (Å²) in [5.41, 5.74) is 9.65. The van der Waals surface area contributed by atoms with Gasteiger partial charge in [0.2, 0.25) is 5.91 Å². The fourth-order valence-corrected chi connectivity index (χ4v) is 2.52. The molecule has 2 aromatic carbocycles. The molecule has 3 rings (SSSR count). The first kappa shape index (κ1) is 13.5. The van der Waals surface area contributed by atoms with Crippen LogP contribution in [0.15, 0.2) is 48.5 Å². The molecule has 1 aliphatic rings. The number of nitrogens with zero attached hydrogens (tertiary/aromatic N) is 1. The Morgan fingerprint density at radius 3 is 2.38 bits per heavy atom. The lowest BCUT2D eigenvalue weighted by Gasteiger charge is -2.16. The second-order valence-corrected chi connectivity index (χ2v) is 5.29. The van der Waals surface area contributed by atoms with Crippen molar-refractivity contribution in [2.75, 3.05) is 22.5 Å². The van der Waals surface area contributed by atoms with Crippen LogP contribution in [0.1, 0.15) is 18.4 Å². The van der Waals surface area contributed by atoms with Crippen LogP contribution in [0, 0.1) is 0 Å². The smallest absolute Gasteiger partial charge is 0.227 e. The molecule has 3 N–H and O–H groups in total. The number of amides is 1. The lowest BCUT2D eigenvalue weighted by atomic mass is 10.2. The van der Waals surface area contributed by atoms with E-state index in [1.165, 1.54) is 5.56 Å². The first-order valence-electron chi connectivity index (χ1n) is 7.21. The molecule has 4 nitrogen and oxygen atoms in total. The number of nitrogen functional groups attached to an aromatic ring is 1. The standard InChI is InChI=1S/C17H19N3O/c18-14-5-3-13(4-6-14)12-19-15-7-9-16(10-8-15)20-11-1-2-17(20)21/h3-10,19H,1-2,11-12,18H2. The maximum atomic E-state index is 11.7. The Balaban J connectivity index is 1.62. The Bertz CT molecular complexity index is 619. The van der Waals surface area contributed by atoms with Crippen molar-refractivity contribution in [3.05, 3.63) is 54.1 Å². The van der Waals surface area contributed by atoms with Crippen LogP contribution in [0.2, 0.25) is 0 Å². The zero-order valence-corrected chi connectivity index (χ0v) is 11.9. The van der Waals surface area contributed by atoms with Crippen LogP contribution in [-0.4, -0.2) is 12.5 Å². The van der Waals surface area contributed by atoms with E-state index >= 15 is 0 Å². The predicted octanol–water partition coefficient (Wildman–Crippen LogP) is 3.01. The monoisotopic (exact) mass is 281 g/mol. The lowest BCUT2D eigenvalue weighted by Crippen LogP contribution is -2.23. The van der Waals surface area contributed by atoms with Crippen LogP contribution in [0.3, 0.4) is 0 Å². The first-order valence-corrected chi connectivity index (χ1v) is 7.21. The largest absolute Gasteiger partial charge is 0.399 e. The molecular weight excluding hydrogens is 262 g/mol. The minimum absolute atomic E-state index is 0.220. The molecule has 0 aliphatic carbocycles. The fourth-order valence-electron chi connectivity index (χ4n) is 2.52. The van der Waals surface area contributed by atoms with Gasteiger partial charge in [-0.05, 0) is 48.4 Å². The number of carbonyl (C=O) groups excluding carboxylic acids is 1. The average Bonchev–Trinajstić information content (AvgIpc) is 2.93. The topological polar surface area (TPSA) is 58.4 Å². The van der Waals surface area contributed by atoms with Gasteiger partial charge in [-0.1, -0.05) is 12.1 Å². The normalized spacial score (nSPS) is 14.5. The van der Waals surface area contributed by atoms with Crippen LogP contribution in [0.5, 0.6) is 0 Å². The lowest BCUT2D eigenvalue weighted by molar-refractivity contribution is -0.117. The fraction of sp³-hybridized carbons (Fsp3) is 0.235. The Kier molecular flexibility index (Phi) is 3.77. The molecule has 4 heteroatoms. The molecule has 0 aromatic heterocycles. The van der Waals surface area contributed by atoms with E-state index in [9.17, 15) is 4.79 Å². The maximum Gasteiger partial charge on any atom is 0.227 e. The van der Waals surface area contributed by atoms with E-state index in [1.54, 1.807) is 0 Å². The number of rotatable bonds is 4. The average molecular weight is 281 g/mol. The van der Waals surface area contributed by atoms with E-state index in [2.05, 4.69) is 5.32 Å². The number of carbonyl (C=O) groups is 1. The highest BCUT2D eigenvalue weighted by atomic mass is 16.2. The molecule has 1 aliphatic heterocycles. The van der Waals surface area contributed by atoms with Crippen molar-refractivity contribution in [2.24, 2.45) is 0 Å². The van der Waals surface area contributed by atoms with Crippen molar-refractivity contribution in [1.29, 1.82) is 0 Å². The van der Waals surface area contributed by atoms with Crippen LogP contribution >= 0.6 is 0 Å². The molecule has 0 radical (unpaired) electrons. The molecule has 2 aromatic rings. The molecular formula is C17H19N3O. The number of anilines is 3. The van der Waals surface area contributed by atoms with Crippen LogP contribution < -0.4 is 16.0 Å². The molecule has 0 saturated carbocycles. The van der Waals surface area contributed by atoms with Crippen molar-refractivity contribution in [1.82, 2.24) is 0 Å². The van der Waals surface area contributed by atoms with E-state index in [0.29, 0.717) is 6.42 Å². The van der Waals surface area contributed by atoms with Gasteiger partial charge in [-0.3, -0.25) is 4.79 Å². The van der Waals surface area contributed by atoms with Gasteiger partial charge in [0, 0.05) is 36.6 Å². The third-order valence-electron chi connectivity index (χ3n) is 3.73. The first-order chi connectivity index (χ1) is 10.2. The third-order valence-corrected chi connectivity index (χ3v) is 3.73. The number of nitrogens with one attached hydrogen (secondary N) is 1. The maximum absolute atomic E-state index is 11.7. The van der Waals surface area contributed by atoms with Gasteiger partial charge in [-0.2, -0.15) is 0 Å². The van der Waals surface area contributed by atoms with Crippen molar-refractivity contribution in [3.63, 3.8) is 0 Å². The molecule has 1 saturated heterocycles. The highest BCUT2D eigenvalue weighted by molar-refractivity contribution is 5.95. The summed E-state index contributed by atoms with van der Waals surface area (Å²) in [4.78, 5) is 13.5. The summed E-state index contributed by atoms with van der Waals surface area (Å²) in [5.74, 6) is 0.220. The van der Waals surface area contributed by atoms with Gasteiger partial charge in [0.25, 0.3) is 0 Å². The zero-order valence-electron chi connectivity index (χ0n) is 11.9. The van der Waals surface area contributed by atoms with Gasteiger partial charge in [0.15, 0.2) is 0 Å². The van der Waals surface area contributed by atoms with Crippen LogP contribution in [0.4, 0.5) is 17.1 Å². The molecule has 1 fully saturated rings. The van der Waals surface area contributed by atoms with E-state index < -0.39 is 0 Å². The van der Waals surface area contributed by atoms with E-state index in [1.807, 2.05) is 53.4 Å². The summed E-state index contributed by atoms with van der Waals surface area (Å²) < 4.78 is 0. The van der Waals surface area contributed by atoms with E-state index in [0.717, 1.165) is 36.6 Å². The minimum Gasteiger partial charge on any atom is -0.399 e. The molecule has 0 atom stereocenters. The Morgan fingerprint density at radius 1 is 1.05 bits per heavy atom. The van der Waals surface area contributed by atoms with Gasteiger partial charge in [0.1, 0.15) is 0 Å². The molecule has 0 spiro atoms. The van der Waals surface area contributed by atoms with Crippen molar-refractivity contribution < 1.29 is 4.79 Å². The zero-order chi connectivity index (χ0) is 14.7. The van der Waals surface area contributed by atoms with Gasteiger partial charge in [-0.25, -0.2) is 0 Å². The summed E-state index contributed by atoms with van der Waals surface area (Å²) in [6, 6.07) is 15.8. The number of hydrogen-bond acceptors (Lipinski definition) is 3. The van der Waals surface area contributed by atoms with Gasteiger partial charge in [0.05, 0.1) is 0 Å². The van der Waals surface area contributed by atoms with Crippen LogP contribution in [0.25, 0.3) is 0 Å². The van der Waals surface area contributed by atoms with Crippen molar-refractivity contribution in [3.8, 4) is 0 Å². The highest BCUT2D eigenvalue weighted by Crippen LogP contribution is 2.23. The minimum atomic E-state index is 0.220. The molecule has 1 amide bonds. The highest BCUT2D eigenvalue weighted by Gasteiger charge is 2.21. The molecule has 0 bridgehead atoms. The second-order valence-electron chi connectivity index (χ2n) is 5.29. The number of benzene rings is 2. The summed E-state index contributed by atoms with van der Waals surface area (Å²) >= 11 is 0. The Hall–Kier alpha value is -2.49. The second kappa shape index (κ2) is 5.87. The van der Waals surface area contributed by atoms with Gasteiger partial charge in [-0.15, -0.1) is 0 Å². The van der Waals surface area contributed by atoms with Crippen LogP contribution in [-0.2, 0) is 11.3 Å². The van der Waals surface area contributed by atoms with E-state index in [4.69, 9.17) is 5.73 Å². The number of hydrogen-bond donors (Lipinski definition) is 2. The molecule has 1 heterocycles. The van der Waals surface area contributed by atoms with E-state index in [-0.39, 0.29) is 5.91 Å². The summed E-state index contributed by atoms with van der Waals surface area (Å²) in [5, 5.41) is 3.37. The summed E-state index contributed by atoms with van der Waals surface area (Å²) in [6.07, 6.45) is 1.62. The van der Waals surface area contributed by atoms with Crippen molar-refractivity contribution in [2.45, 2.75) is 19.4 Å². The van der Waals surface area contributed by atoms with Gasteiger partial charge < -0.3 is 16.0 Å². The Labute approximate surface area is 124 Å². The van der Waals surface area contributed by atoms with Crippen molar-refractivity contribution >= 4 is 23.0 Å². The molecule has 0 unspecified atom stereocenters. The van der Waals surface area contributed by atoms with Gasteiger partial charge >= 0.3 is 0 Å². The Morgan fingerprint density at radius 2 is 1.76 bits per heavy atom. The third kappa shape index (κ3) is 3.16. The predicted molar refractivity (Wildman–Crippen MR) is 86.2 cm³/mol. The quantitative estimate of drug-likeness (QED) is 0.847. The number of nitrogens with two attached hydrogens (primary N) is 1.